The van der Waals surface area contributed by atoms with E-state index in [1.54, 1.807) is 0 Å². The smallest absolute Gasteiger partial charge is 0.478 e. The van der Waals surface area contributed by atoms with Crippen LogP contribution in [0, 0.1) is 0 Å². The summed E-state index contributed by atoms with van der Waals surface area (Å²) >= 11 is 0. The van der Waals surface area contributed by atoms with Gasteiger partial charge in [0, 0.05) is 0 Å². The molecule has 10 nitrogen and oxygen atoms in total. The quantitative estimate of drug-likeness (QED) is 0.399. The Kier molecular flexibility index (Phi) is 13.2. The molecule has 0 saturated carbocycles. The number of hydrogen-bond acceptors (Lipinski definition) is 8. The summed E-state index contributed by atoms with van der Waals surface area (Å²) < 4.78 is 5.08. The predicted molar refractivity (Wildman–Crippen MR) is 66.5 cm³/mol. The SMILES string of the molecule is C=CC(=O)N[C@H]1CC[C@@H](CC(=O)O)OB1O.O=C=O.O=C=O. The van der Waals surface area contributed by atoms with E-state index < -0.39 is 25.1 Å². The minimum Gasteiger partial charge on any atom is -0.481 e. The Labute approximate surface area is 125 Å². The zero-order valence-electron chi connectivity index (χ0n) is 11.4. The van der Waals surface area contributed by atoms with Crippen molar-refractivity contribution < 1.29 is 43.6 Å². The summed E-state index contributed by atoms with van der Waals surface area (Å²) in [6.45, 7) is 3.29. The third kappa shape index (κ3) is 11.3. The molecule has 1 heterocycles. The highest BCUT2D eigenvalue weighted by Crippen LogP contribution is 2.18. The van der Waals surface area contributed by atoms with Crippen molar-refractivity contribution >= 4 is 31.3 Å². The molecule has 1 amide bonds. The number of carboxylic acid groups (broad SMARTS) is 1. The second kappa shape index (κ2) is 13.4. The zero-order valence-corrected chi connectivity index (χ0v) is 11.4. The van der Waals surface area contributed by atoms with Crippen LogP contribution in [-0.2, 0) is 33.4 Å². The van der Waals surface area contributed by atoms with Gasteiger partial charge < -0.3 is 20.1 Å². The van der Waals surface area contributed by atoms with Gasteiger partial charge in [0.05, 0.1) is 18.5 Å². The second-order valence-electron chi connectivity index (χ2n) is 3.81. The number of carbonyl (C=O) groups is 2. The number of nitrogens with one attached hydrogen (secondary N) is 1. The summed E-state index contributed by atoms with van der Waals surface area (Å²) in [5.41, 5.74) is 0. The van der Waals surface area contributed by atoms with Crippen LogP contribution < -0.4 is 5.32 Å². The van der Waals surface area contributed by atoms with Crippen molar-refractivity contribution in [1.82, 2.24) is 5.32 Å². The Bertz CT molecular complexity index is 429. The van der Waals surface area contributed by atoms with E-state index in [4.69, 9.17) is 28.9 Å². The standard InChI is InChI=1S/C9H14BNO5.2CO2/c1-2-8(12)11-7-4-3-6(5-9(13)14)16-10(7)15;2*2-1-3/h2,6-7,15H,1,3-5H2,(H,11,12)(H,13,14);;/t6-,7-;;/m0../s1. The van der Waals surface area contributed by atoms with Gasteiger partial charge in [0.1, 0.15) is 0 Å². The number of hydrogen-bond donors (Lipinski definition) is 3. The molecular weight excluding hydrogens is 301 g/mol. The van der Waals surface area contributed by atoms with Crippen molar-refractivity contribution in [3.63, 3.8) is 0 Å². The van der Waals surface area contributed by atoms with Crippen molar-refractivity contribution in [2.24, 2.45) is 0 Å². The van der Waals surface area contributed by atoms with Crippen LogP contribution in [0.1, 0.15) is 19.3 Å². The molecule has 0 aliphatic carbocycles. The lowest BCUT2D eigenvalue weighted by Gasteiger charge is -2.30. The molecule has 0 spiro atoms. The Morgan fingerprint density at radius 1 is 1.27 bits per heavy atom. The summed E-state index contributed by atoms with van der Waals surface area (Å²) in [5, 5.41) is 20.6. The molecule has 0 aromatic heterocycles. The van der Waals surface area contributed by atoms with Gasteiger partial charge in [-0.25, -0.2) is 0 Å². The van der Waals surface area contributed by atoms with Crippen LogP contribution in [0.3, 0.4) is 0 Å². The van der Waals surface area contributed by atoms with Gasteiger partial charge in [-0.05, 0) is 18.9 Å². The Hall–Kier alpha value is -2.58. The van der Waals surface area contributed by atoms with Crippen molar-refractivity contribution in [3.8, 4) is 0 Å². The first kappa shape index (κ1) is 21.7. The van der Waals surface area contributed by atoms with Crippen LogP contribution in [0.25, 0.3) is 0 Å². The van der Waals surface area contributed by atoms with Crippen LogP contribution in [0.15, 0.2) is 12.7 Å². The molecule has 0 aromatic carbocycles. The summed E-state index contributed by atoms with van der Waals surface area (Å²) in [6.07, 6.45) is 1.95. The number of aliphatic carboxylic acids is 1. The van der Waals surface area contributed by atoms with Gasteiger partial charge in [0.25, 0.3) is 0 Å². The highest BCUT2D eigenvalue weighted by atomic mass is 16.5. The lowest BCUT2D eigenvalue weighted by molar-refractivity contribution is -0.193. The zero-order chi connectivity index (χ0) is 17.5. The summed E-state index contributed by atoms with van der Waals surface area (Å²) in [4.78, 5) is 53.9. The maximum Gasteiger partial charge on any atom is 0.478 e. The van der Waals surface area contributed by atoms with Crippen molar-refractivity contribution in [1.29, 1.82) is 0 Å². The van der Waals surface area contributed by atoms with Crippen LogP contribution >= 0.6 is 0 Å². The van der Waals surface area contributed by atoms with Crippen molar-refractivity contribution in [2.75, 3.05) is 0 Å². The van der Waals surface area contributed by atoms with Gasteiger partial charge in [0.15, 0.2) is 0 Å². The van der Waals surface area contributed by atoms with Crippen LogP contribution in [0.5, 0.6) is 0 Å². The maximum atomic E-state index is 11.0. The molecule has 1 rings (SSSR count). The number of carboxylic acids is 1. The molecule has 1 saturated heterocycles. The van der Waals surface area contributed by atoms with Gasteiger partial charge in [0.2, 0.25) is 5.91 Å². The molecule has 0 aromatic rings. The van der Waals surface area contributed by atoms with Crippen molar-refractivity contribution in [2.45, 2.75) is 31.3 Å². The first-order valence-electron chi connectivity index (χ1n) is 5.83. The lowest BCUT2D eigenvalue weighted by Crippen LogP contribution is -2.52. The Balaban J connectivity index is 0. The third-order valence-electron chi connectivity index (χ3n) is 2.39. The first-order chi connectivity index (χ1) is 10.4. The van der Waals surface area contributed by atoms with Crippen LogP contribution in [0.4, 0.5) is 0 Å². The van der Waals surface area contributed by atoms with E-state index in [0.717, 1.165) is 6.08 Å². The molecule has 1 fully saturated rings. The fraction of sp³-hybridized carbons (Fsp3) is 0.455. The second-order valence-corrected chi connectivity index (χ2v) is 3.81. The molecule has 1 aliphatic rings. The largest absolute Gasteiger partial charge is 0.481 e. The third-order valence-corrected chi connectivity index (χ3v) is 2.39. The van der Waals surface area contributed by atoms with Gasteiger partial charge in [-0.15, -0.1) is 0 Å². The summed E-state index contributed by atoms with van der Waals surface area (Å²) in [6, 6.07) is 0. The van der Waals surface area contributed by atoms with E-state index in [2.05, 4.69) is 11.9 Å². The van der Waals surface area contributed by atoms with Gasteiger partial charge >= 0.3 is 25.4 Å². The fourth-order valence-electron chi connectivity index (χ4n) is 1.60. The number of carbonyl (C=O) groups excluding carboxylic acids is 5. The van der Waals surface area contributed by atoms with E-state index in [1.807, 2.05) is 0 Å². The monoisotopic (exact) mass is 315 g/mol. The highest BCUT2D eigenvalue weighted by molar-refractivity contribution is 6.45. The van der Waals surface area contributed by atoms with E-state index in [0.29, 0.717) is 12.8 Å². The molecule has 22 heavy (non-hydrogen) atoms. The average Bonchev–Trinajstić information content (AvgIpc) is 2.43. The van der Waals surface area contributed by atoms with Crippen LogP contribution in [0.2, 0.25) is 0 Å². The number of amides is 1. The summed E-state index contributed by atoms with van der Waals surface area (Å²) in [5.74, 6) is -1.86. The fourth-order valence-corrected chi connectivity index (χ4v) is 1.60. The predicted octanol–water partition coefficient (Wildman–Crippen LogP) is -1.84. The van der Waals surface area contributed by atoms with E-state index in [-0.39, 0.29) is 24.6 Å². The Morgan fingerprint density at radius 3 is 2.14 bits per heavy atom. The molecular formula is C11H14BNO9. The molecule has 0 bridgehead atoms. The lowest BCUT2D eigenvalue weighted by atomic mass is 9.72. The van der Waals surface area contributed by atoms with Crippen LogP contribution in [-0.4, -0.2) is 53.5 Å². The molecule has 1 aliphatic heterocycles. The summed E-state index contributed by atoms with van der Waals surface area (Å²) in [7, 11) is -1.16. The molecule has 11 heteroatoms. The topological polar surface area (TPSA) is 164 Å². The highest BCUT2D eigenvalue weighted by Gasteiger charge is 2.36. The normalized spacial score (nSPS) is 18.9. The van der Waals surface area contributed by atoms with Gasteiger partial charge in [-0.1, -0.05) is 6.58 Å². The molecule has 2 atom stereocenters. The van der Waals surface area contributed by atoms with E-state index >= 15 is 0 Å². The van der Waals surface area contributed by atoms with Gasteiger partial charge in [-0.2, -0.15) is 19.2 Å². The van der Waals surface area contributed by atoms with E-state index in [1.165, 1.54) is 0 Å². The molecule has 0 unspecified atom stereocenters. The average molecular weight is 315 g/mol. The van der Waals surface area contributed by atoms with E-state index in [9.17, 15) is 14.6 Å². The van der Waals surface area contributed by atoms with Crippen molar-refractivity contribution in [3.05, 3.63) is 12.7 Å². The minimum atomic E-state index is -1.16. The minimum absolute atomic E-state index is 0.140. The molecule has 120 valence electrons. The van der Waals surface area contributed by atoms with Gasteiger partial charge in [-0.3, -0.25) is 9.59 Å². The first-order valence-corrected chi connectivity index (χ1v) is 5.83. The Morgan fingerprint density at radius 2 is 1.77 bits per heavy atom. The number of rotatable bonds is 4. The molecule has 0 radical (unpaired) electrons. The maximum absolute atomic E-state index is 11.0. The molecule has 3 N–H and O–H groups in total.